The second-order valence-electron chi connectivity index (χ2n) is 2.46. The maximum atomic E-state index is 8.51. The van der Waals surface area contributed by atoms with Crippen molar-refractivity contribution in [2.75, 3.05) is 26.4 Å². The minimum Gasteiger partial charge on any atom is -0.485 e. The number of aliphatic hydroxyl groups excluding tert-OH is 2. The third-order valence-electron chi connectivity index (χ3n) is 1.32. The number of aliphatic hydroxyl groups is 2. The van der Waals surface area contributed by atoms with Crippen molar-refractivity contribution in [1.82, 2.24) is 0 Å². The second-order valence-corrected chi connectivity index (χ2v) is 3.37. The van der Waals surface area contributed by atoms with E-state index in [0.717, 1.165) is 12.8 Å². The summed E-state index contributed by atoms with van der Waals surface area (Å²) in [7, 11) is 0. The lowest BCUT2D eigenvalue weighted by atomic mass is 10.3. The van der Waals surface area contributed by atoms with Crippen molar-refractivity contribution in [1.29, 1.82) is 0 Å². The van der Waals surface area contributed by atoms with Crippen molar-refractivity contribution in [3.63, 3.8) is 0 Å². The molecule has 0 aliphatic rings. The molecule has 0 aromatic carbocycles. The Kier molecular flexibility index (Phi) is 9.06. The molecular weight excluding hydrogens is 224 g/mol. The van der Waals surface area contributed by atoms with Crippen molar-refractivity contribution >= 4 is 34.5 Å². The van der Waals surface area contributed by atoms with Gasteiger partial charge in [-0.1, -0.05) is 0 Å². The van der Waals surface area contributed by atoms with Crippen molar-refractivity contribution in [2.45, 2.75) is 12.8 Å². The van der Waals surface area contributed by atoms with Gasteiger partial charge in [-0.25, -0.2) is 0 Å². The van der Waals surface area contributed by atoms with Crippen LogP contribution < -0.4 is 0 Å². The van der Waals surface area contributed by atoms with E-state index in [-0.39, 0.29) is 23.3 Å². The van der Waals surface area contributed by atoms with Gasteiger partial charge in [-0.3, -0.25) is 0 Å². The SMILES string of the molecule is OCC(=S)OCCCCOC(=S)CO. The zero-order chi connectivity index (χ0) is 10.8. The van der Waals surface area contributed by atoms with Crippen molar-refractivity contribution in [3.05, 3.63) is 0 Å². The van der Waals surface area contributed by atoms with Gasteiger partial charge in [0, 0.05) is 0 Å². The highest BCUT2D eigenvalue weighted by Gasteiger charge is 1.96. The molecular formula is C8H14O4S2. The van der Waals surface area contributed by atoms with Crippen LogP contribution in [-0.2, 0) is 9.47 Å². The van der Waals surface area contributed by atoms with Gasteiger partial charge in [0.05, 0.1) is 13.2 Å². The van der Waals surface area contributed by atoms with Gasteiger partial charge in [0.15, 0.2) is 10.1 Å². The first-order valence-electron chi connectivity index (χ1n) is 4.23. The summed E-state index contributed by atoms with van der Waals surface area (Å²) in [5.74, 6) is 0. The first-order chi connectivity index (χ1) is 6.70. The molecule has 0 aromatic rings. The highest BCUT2D eigenvalue weighted by Crippen LogP contribution is 1.93. The second kappa shape index (κ2) is 9.26. The van der Waals surface area contributed by atoms with Crippen LogP contribution in [0.5, 0.6) is 0 Å². The summed E-state index contributed by atoms with van der Waals surface area (Å²) in [6.45, 7) is 0.490. The van der Waals surface area contributed by atoms with Gasteiger partial charge in [-0.15, -0.1) is 0 Å². The number of thiocarbonyl (C=S) groups is 2. The summed E-state index contributed by atoms with van der Waals surface area (Å²) < 4.78 is 9.94. The lowest BCUT2D eigenvalue weighted by Gasteiger charge is -2.06. The molecule has 2 N–H and O–H groups in total. The number of hydrogen-bond donors (Lipinski definition) is 2. The fraction of sp³-hybridized carbons (Fsp3) is 0.750. The van der Waals surface area contributed by atoms with E-state index in [2.05, 4.69) is 24.4 Å². The molecule has 6 heteroatoms. The topological polar surface area (TPSA) is 58.9 Å². The molecule has 82 valence electrons. The Balaban J connectivity index is 3.14. The predicted molar refractivity (Wildman–Crippen MR) is 60.5 cm³/mol. The number of hydrogen-bond acceptors (Lipinski definition) is 6. The third-order valence-corrected chi connectivity index (χ3v) is 1.82. The number of rotatable bonds is 7. The summed E-state index contributed by atoms with van der Waals surface area (Å²) in [5, 5.41) is 17.4. The lowest BCUT2D eigenvalue weighted by molar-refractivity contribution is 0.228. The molecule has 0 saturated carbocycles. The standard InChI is InChI=1S/C8H14O4S2/c9-5-7(13)11-3-1-2-4-12-8(14)6-10/h9-10H,1-6H2. The zero-order valence-corrected chi connectivity index (χ0v) is 9.40. The Hall–Kier alpha value is -0.300. The van der Waals surface area contributed by atoms with Crippen LogP contribution in [0.3, 0.4) is 0 Å². The average Bonchev–Trinajstić information content (AvgIpc) is 2.22. The molecule has 0 amide bonds. The Morgan fingerprint density at radius 2 is 1.21 bits per heavy atom. The lowest BCUT2D eigenvalue weighted by Crippen LogP contribution is -2.10. The molecule has 0 spiro atoms. The van der Waals surface area contributed by atoms with Crippen molar-refractivity contribution < 1.29 is 19.7 Å². The van der Waals surface area contributed by atoms with Crippen LogP contribution in [0.2, 0.25) is 0 Å². The monoisotopic (exact) mass is 238 g/mol. The van der Waals surface area contributed by atoms with E-state index in [9.17, 15) is 0 Å². The molecule has 14 heavy (non-hydrogen) atoms. The van der Waals surface area contributed by atoms with E-state index in [4.69, 9.17) is 19.7 Å². The number of ether oxygens (including phenoxy) is 2. The Morgan fingerprint density at radius 3 is 1.50 bits per heavy atom. The molecule has 0 saturated heterocycles. The van der Waals surface area contributed by atoms with Crippen LogP contribution in [-0.4, -0.2) is 46.7 Å². The van der Waals surface area contributed by atoms with Crippen LogP contribution in [0.1, 0.15) is 12.8 Å². The minimum atomic E-state index is -0.222. The fourth-order valence-corrected chi connectivity index (χ4v) is 0.834. The van der Waals surface area contributed by atoms with E-state index in [0.29, 0.717) is 13.2 Å². The van der Waals surface area contributed by atoms with Gasteiger partial charge in [-0.05, 0) is 37.3 Å². The third kappa shape index (κ3) is 8.31. The van der Waals surface area contributed by atoms with Crippen LogP contribution in [0, 0.1) is 0 Å². The van der Waals surface area contributed by atoms with E-state index in [1.165, 1.54) is 0 Å². The van der Waals surface area contributed by atoms with Gasteiger partial charge >= 0.3 is 0 Å². The average molecular weight is 238 g/mol. The van der Waals surface area contributed by atoms with Crippen LogP contribution >= 0.6 is 24.4 Å². The summed E-state index contributed by atoms with van der Waals surface area (Å²) >= 11 is 9.27. The first-order valence-corrected chi connectivity index (χ1v) is 5.05. The molecule has 0 aliphatic carbocycles. The summed E-state index contributed by atoms with van der Waals surface area (Å²) in [5.41, 5.74) is 0. The van der Waals surface area contributed by atoms with Gasteiger partial charge < -0.3 is 19.7 Å². The van der Waals surface area contributed by atoms with E-state index < -0.39 is 0 Å². The maximum absolute atomic E-state index is 8.51. The quantitative estimate of drug-likeness (QED) is 0.496. The summed E-state index contributed by atoms with van der Waals surface area (Å²) in [6.07, 6.45) is 1.54. The Labute approximate surface area is 93.8 Å². The predicted octanol–water partition coefficient (Wildman–Crippen LogP) is 0.439. The molecule has 0 bridgehead atoms. The summed E-state index contributed by atoms with van der Waals surface area (Å²) in [6, 6.07) is 0. The molecule has 4 nitrogen and oxygen atoms in total. The van der Waals surface area contributed by atoms with Crippen molar-refractivity contribution in [3.8, 4) is 0 Å². The van der Waals surface area contributed by atoms with E-state index >= 15 is 0 Å². The molecule has 0 radical (unpaired) electrons. The van der Waals surface area contributed by atoms with E-state index in [1.54, 1.807) is 0 Å². The largest absolute Gasteiger partial charge is 0.485 e. The van der Waals surface area contributed by atoms with Crippen LogP contribution in [0.15, 0.2) is 0 Å². The maximum Gasteiger partial charge on any atom is 0.185 e. The molecule has 0 rings (SSSR count). The first kappa shape index (κ1) is 13.7. The Morgan fingerprint density at radius 1 is 0.857 bits per heavy atom. The van der Waals surface area contributed by atoms with Gasteiger partial charge in [0.25, 0.3) is 0 Å². The molecule has 0 heterocycles. The van der Waals surface area contributed by atoms with Crippen molar-refractivity contribution in [2.24, 2.45) is 0 Å². The normalized spacial score (nSPS) is 9.57. The van der Waals surface area contributed by atoms with E-state index in [1.807, 2.05) is 0 Å². The minimum absolute atomic E-state index is 0.205. The smallest absolute Gasteiger partial charge is 0.185 e. The van der Waals surface area contributed by atoms with Crippen LogP contribution in [0.4, 0.5) is 0 Å². The highest BCUT2D eigenvalue weighted by molar-refractivity contribution is 7.80. The zero-order valence-electron chi connectivity index (χ0n) is 7.77. The van der Waals surface area contributed by atoms with Crippen LogP contribution in [0.25, 0.3) is 0 Å². The summed E-state index contributed by atoms with van der Waals surface area (Å²) in [4.78, 5) is 0. The molecule has 0 fully saturated rings. The number of unbranched alkanes of at least 4 members (excludes halogenated alkanes) is 1. The van der Waals surface area contributed by atoms with Gasteiger partial charge in [0.2, 0.25) is 0 Å². The van der Waals surface area contributed by atoms with Gasteiger partial charge in [-0.2, -0.15) is 0 Å². The molecule has 0 aliphatic heterocycles. The Bertz CT molecular complexity index is 164. The molecule has 0 aromatic heterocycles. The molecule has 0 unspecified atom stereocenters. The fourth-order valence-electron chi connectivity index (χ4n) is 0.667. The highest BCUT2D eigenvalue weighted by atomic mass is 32.1. The molecule has 0 atom stereocenters. The van der Waals surface area contributed by atoms with Gasteiger partial charge in [0.1, 0.15) is 13.2 Å².